The van der Waals surface area contributed by atoms with Crippen LogP contribution in [0.3, 0.4) is 0 Å². The van der Waals surface area contributed by atoms with Crippen molar-refractivity contribution in [2.24, 2.45) is 5.92 Å². The molecule has 1 aliphatic heterocycles. The third-order valence-electron chi connectivity index (χ3n) is 4.07. The van der Waals surface area contributed by atoms with Gasteiger partial charge in [0.15, 0.2) is 0 Å². The van der Waals surface area contributed by atoms with E-state index in [4.69, 9.17) is 4.74 Å². The van der Waals surface area contributed by atoms with E-state index in [1.165, 1.54) is 11.3 Å². The molecule has 2 atom stereocenters. The van der Waals surface area contributed by atoms with Gasteiger partial charge in [0.2, 0.25) is 5.91 Å². The van der Waals surface area contributed by atoms with Gasteiger partial charge < -0.3 is 14.7 Å². The predicted molar refractivity (Wildman–Crippen MR) is 90.1 cm³/mol. The van der Waals surface area contributed by atoms with Gasteiger partial charge in [-0.1, -0.05) is 36.4 Å². The van der Waals surface area contributed by atoms with Crippen molar-refractivity contribution in [3.8, 4) is 0 Å². The molecule has 5 heteroatoms. The number of carbonyl (C=O) groups excluding carboxylic acids is 1. The van der Waals surface area contributed by atoms with E-state index in [0.717, 1.165) is 16.9 Å². The van der Waals surface area contributed by atoms with Crippen LogP contribution in [0.25, 0.3) is 0 Å². The number of carbonyl (C=O) groups is 1. The summed E-state index contributed by atoms with van der Waals surface area (Å²) in [6, 6.07) is 13.7. The summed E-state index contributed by atoms with van der Waals surface area (Å²) >= 11 is 1.51. The van der Waals surface area contributed by atoms with Gasteiger partial charge >= 0.3 is 0 Å². The Hall–Kier alpha value is -1.69. The summed E-state index contributed by atoms with van der Waals surface area (Å²) < 4.78 is 5.35. The lowest BCUT2D eigenvalue weighted by Gasteiger charge is -2.27. The third kappa shape index (κ3) is 4.19. The normalized spacial score (nSPS) is 18.7. The van der Waals surface area contributed by atoms with Gasteiger partial charge in [0, 0.05) is 18.0 Å². The largest absolute Gasteiger partial charge is 0.386 e. The Labute approximate surface area is 140 Å². The zero-order valence-electron chi connectivity index (χ0n) is 12.9. The van der Waals surface area contributed by atoms with E-state index in [1.807, 2.05) is 47.8 Å². The Bertz CT molecular complexity index is 608. The van der Waals surface area contributed by atoms with E-state index in [-0.39, 0.29) is 11.8 Å². The van der Waals surface area contributed by atoms with E-state index in [9.17, 15) is 9.90 Å². The molecular weight excluding hydrogens is 310 g/mol. The first kappa shape index (κ1) is 16.2. The smallest absolute Gasteiger partial charge is 0.228 e. The van der Waals surface area contributed by atoms with E-state index >= 15 is 0 Å². The average Bonchev–Trinajstić information content (AvgIpc) is 3.27. The molecule has 1 aromatic carbocycles. The van der Waals surface area contributed by atoms with Crippen LogP contribution in [-0.2, 0) is 16.1 Å². The number of ether oxygens (including phenoxy) is 1. The van der Waals surface area contributed by atoms with Crippen molar-refractivity contribution in [2.45, 2.75) is 19.1 Å². The number of benzene rings is 1. The first-order valence-corrected chi connectivity index (χ1v) is 8.74. The van der Waals surface area contributed by atoms with Crippen LogP contribution in [0.5, 0.6) is 0 Å². The van der Waals surface area contributed by atoms with Gasteiger partial charge in [0.05, 0.1) is 19.1 Å². The first-order valence-electron chi connectivity index (χ1n) is 7.86. The average molecular weight is 331 g/mol. The Morgan fingerprint density at radius 2 is 2.13 bits per heavy atom. The molecule has 2 heterocycles. The maximum atomic E-state index is 12.8. The van der Waals surface area contributed by atoms with Crippen molar-refractivity contribution < 1.29 is 14.6 Å². The van der Waals surface area contributed by atoms with Crippen molar-refractivity contribution >= 4 is 17.2 Å². The maximum Gasteiger partial charge on any atom is 0.228 e. The van der Waals surface area contributed by atoms with Crippen LogP contribution in [0, 0.1) is 5.92 Å². The fourth-order valence-electron chi connectivity index (χ4n) is 2.80. The third-order valence-corrected chi connectivity index (χ3v) is 5.05. The second-order valence-electron chi connectivity index (χ2n) is 5.80. The van der Waals surface area contributed by atoms with Gasteiger partial charge in [0.25, 0.3) is 0 Å². The number of hydrogen-bond acceptors (Lipinski definition) is 4. The summed E-state index contributed by atoms with van der Waals surface area (Å²) in [5.74, 6) is -0.0174. The van der Waals surface area contributed by atoms with Gasteiger partial charge in [-0.05, 0) is 23.4 Å². The topological polar surface area (TPSA) is 49.8 Å². The van der Waals surface area contributed by atoms with Crippen LogP contribution < -0.4 is 0 Å². The SMILES string of the molecule is O=C([C@H]1CCOC1)N(Cc1ccccc1)C[C@@H](O)c1cccs1. The molecule has 1 N–H and O–H groups in total. The Kier molecular flexibility index (Phi) is 5.43. The summed E-state index contributed by atoms with van der Waals surface area (Å²) in [5, 5.41) is 12.4. The van der Waals surface area contributed by atoms with Crippen molar-refractivity contribution in [1.82, 2.24) is 4.90 Å². The highest BCUT2D eigenvalue weighted by Crippen LogP contribution is 2.23. The fourth-order valence-corrected chi connectivity index (χ4v) is 3.51. The molecule has 23 heavy (non-hydrogen) atoms. The highest BCUT2D eigenvalue weighted by Gasteiger charge is 2.29. The van der Waals surface area contributed by atoms with Gasteiger partial charge in [-0.25, -0.2) is 0 Å². The van der Waals surface area contributed by atoms with Crippen molar-refractivity contribution in [3.63, 3.8) is 0 Å². The Morgan fingerprint density at radius 1 is 1.30 bits per heavy atom. The minimum atomic E-state index is -0.648. The molecule has 0 radical (unpaired) electrons. The standard InChI is InChI=1S/C18H21NO3S/c20-16(17-7-4-10-23-17)12-19(11-14-5-2-1-3-6-14)18(21)15-8-9-22-13-15/h1-7,10,15-16,20H,8-9,11-13H2/t15-,16+/m0/s1. The van der Waals surface area contributed by atoms with E-state index in [2.05, 4.69) is 0 Å². The lowest BCUT2D eigenvalue weighted by Crippen LogP contribution is -2.38. The molecule has 0 saturated carbocycles. The molecule has 1 amide bonds. The molecular formula is C18H21NO3S. The highest BCUT2D eigenvalue weighted by atomic mass is 32.1. The summed E-state index contributed by atoms with van der Waals surface area (Å²) in [6.07, 6.45) is 0.115. The number of rotatable bonds is 6. The lowest BCUT2D eigenvalue weighted by molar-refractivity contribution is -0.137. The minimum Gasteiger partial charge on any atom is -0.386 e. The minimum absolute atomic E-state index is 0.0713. The van der Waals surface area contributed by atoms with Crippen LogP contribution in [0.15, 0.2) is 47.8 Å². The van der Waals surface area contributed by atoms with E-state index in [1.54, 1.807) is 4.90 Å². The van der Waals surface area contributed by atoms with E-state index < -0.39 is 6.10 Å². The molecule has 1 aromatic heterocycles. The van der Waals surface area contributed by atoms with Crippen LogP contribution >= 0.6 is 11.3 Å². The number of thiophene rings is 1. The summed E-state index contributed by atoms with van der Waals surface area (Å²) in [4.78, 5) is 15.4. The number of amides is 1. The number of aliphatic hydroxyl groups is 1. The molecule has 4 nitrogen and oxygen atoms in total. The highest BCUT2D eigenvalue weighted by molar-refractivity contribution is 7.10. The van der Waals surface area contributed by atoms with Crippen LogP contribution in [-0.4, -0.2) is 35.7 Å². The zero-order chi connectivity index (χ0) is 16.1. The Morgan fingerprint density at radius 3 is 2.78 bits per heavy atom. The quantitative estimate of drug-likeness (QED) is 0.885. The summed E-state index contributed by atoms with van der Waals surface area (Å²) in [5.41, 5.74) is 1.07. The molecule has 1 aliphatic rings. The second kappa shape index (κ2) is 7.73. The molecule has 1 fully saturated rings. The molecule has 2 aromatic rings. The summed E-state index contributed by atoms with van der Waals surface area (Å²) in [6.45, 7) is 1.95. The van der Waals surface area contributed by atoms with Gasteiger partial charge in [0.1, 0.15) is 6.10 Å². The maximum absolute atomic E-state index is 12.8. The van der Waals surface area contributed by atoms with Crippen molar-refractivity contribution in [2.75, 3.05) is 19.8 Å². The lowest BCUT2D eigenvalue weighted by atomic mass is 10.1. The first-order chi connectivity index (χ1) is 11.2. The van der Waals surface area contributed by atoms with Crippen molar-refractivity contribution in [3.05, 3.63) is 58.3 Å². The second-order valence-corrected chi connectivity index (χ2v) is 6.78. The van der Waals surface area contributed by atoms with Gasteiger partial charge in [-0.15, -0.1) is 11.3 Å². The predicted octanol–water partition coefficient (Wildman–Crippen LogP) is 2.85. The Balaban J connectivity index is 1.73. The van der Waals surface area contributed by atoms with Crippen molar-refractivity contribution in [1.29, 1.82) is 0 Å². The number of aliphatic hydroxyl groups excluding tert-OH is 1. The molecule has 0 aliphatic carbocycles. The monoisotopic (exact) mass is 331 g/mol. The van der Waals surface area contributed by atoms with E-state index in [0.29, 0.717) is 26.3 Å². The molecule has 122 valence electrons. The molecule has 0 bridgehead atoms. The molecule has 0 unspecified atom stereocenters. The van der Waals surface area contributed by atoms with Gasteiger partial charge in [-0.2, -0.15) is 0 Å². The number of nitrogens with zero attached hydrogens (tertiary/aromatic N) is 1. The van der Waals surface area contributed by atoms with Crippen LogP contribution in [0.1, 0.15) is 23.0 Å². The van der Waals surface area contributed by atoms with Crippen LogP contribution in [0.4, 0.5) is 0 Å². The summed E-state index contributed by atoms with van der Waals surface area (Å²) in [7, 11) is 0. The zero-order valence-corrected chi connectivity index (χ0v) is 13.7. The fraction of sp³-hybridized carbons (Fsp3) is 0.389. The molecule has 1 saturated heterocycles. The number of hydrogen-bond donors (Lipinski definition) is 1. The molecule has 0 spiro atoms. The van der Waals surface area contributed by atoms with Gasteiger partial charge in [-0.3, -0.25) is 4.79 Å². The van der Waals surface area contributed by atoms with Crippen LogP contribution in [0.2, 0.25) is 0 Å². The molecule has 3 rings (SSSR count).